The van der Waals surface area contributed by atoms with E-state index in [-0.39, 0.29) is 6.23 Å². The summed E-state index contributed by atoms with van der Waals surface area (Å²) in [6.07, 6.45) is -0.0519. The van der Waals surface area contributed by atoms with E-state index in [9.17, 15) is 0 Å². The SMILES string of the molecule is Cc1ccc(-c2cc(N(C)[C@H]3CNCCO3)nn2-c2ccc(C#N)cc2)cc1. The van der Waals surface area contributed by atoms with Crippen LogP contribution >= 0.6 is 0 Å². The summed E-state index contributed by atoms with van der Waals surface area (Å²) in [5, 5.41) is 17.3. The molecule has 0 radical (unpaired) electrons. The Morgan fingerprint density at radius 3 is 2.57 bits per heavy atom. The lowest BCUT2D eigenvalue weighted by Gasteiger charge is -2.31. The predicted molar refractivity (Wildman–Crippen MR) is 109 cm³/mol. The van der Waals surface area contributed by atoms with Gasteiger partial charge in [0.2, 0.25) is 0 Å². The third-order valence-corrected chi connectivity index (χ3v) is 4.99. The average molecular weight is 373 g/mol. The van der Waals surface area contributed by atoms with Crippen LogP contribution in [0.2, 0.25) is 0 Å². The second-order valence-electron chi connectivity index (χ2n) is 6.96. The van der Waals surface area contributed by atoms with Crippen LogP contribution in [-0.2, 0) is 4.74 Å². The number of aromatic nitrogens is 2. The fraction of sp³-hybridized carbons (Fsp3) is 0.273. The monoisotopic (exact) mass is 373 g/mol. The number of hydrogen-bond acceptors (Lipinski definition) is 5. The third kappa shape index (κ3) is 3.63. The average Bonchev–Trinajstić information content (AvgIpc) is 3.20. The van der Waals surface area contributed by atoms with E-state index in [4.69, 9.17) is 15.1 Å². The summed E-state index contributed by atoms with van der Waals surface area (Å²) in [5.41, 5.74) is 4.84. The molecule has 28 heavy (non-hydrogen) atoms. The summed E-state index contributed by atoms with van der Waals surface area (Å²) in [7, 11) is 2.00. The number of anilines is 1. The minimum atomic E-state index is -0.0519. The first-order valence-corrected chi connectivity index (χ1v) is 9.38. The lowest BCUT2D eigenvalue weighted by Crippen LogP contribution is -2.48. The van der Waals surface area contributed by atoms with Crippen LogP contribution in [0.5, 0.6) is 0 Å². The third-order valence-electron chi connectivity index (χ3n) is 4.99. The van der Waals surface area contributed by atoms with Crippen LogP contribution in [0.25, 0.3) is 16.9 Å². The molecular weight excluding hydrogens is 350 g/mol. The maximum Gasteiger partial charge on any atom is 0.153 e. The van der Waals surface area contributed by atoms with Gasteiger partial charge in [-0.2, -0.15) is 5.26 Å². The molecule has 1 fully saturated rings. The number of hydrogen-bond donors (Lipinski definition) is 1. The van der Waals surface area contributed by atoms with E-state index in [1.807, 2.05) is 36.0 Å². The maximum atomic E-state index is 9.08. The molecule has 0 saturated carbocycles. The highest BCUT2D eigenvalue weighted by Gasteiger charge is 2.22. The van der Waals surface area contributed by atoms with Crippen molar-refractivity contribution in [3.8, 4) is 23.0 Å². The van der Waals surface area contributed by atoms with Crippen molar-refractivity contribution >= 4 is 5.82 Å². The molecule has 1 aromatic heterocycles. The van der Waals surface area contributed by atoms with Crippen LogP contribution in [0.3, 0.4) is 0 Å². The van der Waals surface area contributed by atoms with Crippen molar-refractivity contribution in [2.45, 2.75) is 13.2 Å². The molecule has 142 valence electrons. The summed E-state index contributed by atoms with van der Waals surface area (Å²) in [5.74, 6) is 0.841. The summed E-state index contributed by atoms with van der Waals surface area (Å²) in [6, 6.07) is 20.1. The number of morpholine rings is 1. The molecule has 0 spiro atoms. The molecule has 6 nitrogen and oxygen atoms in total. The number of ether oxygens (including phenoxy) is 1. The van der Waals surface area contributed by atoms with Crippen LogP contribution in [0.4, 0.5) is 5.82 Å². The molecule has 0 bridgehead atoms. The van der Waals surface area contributed by atoms with Crippen molar-refractivity contribution in [3.05, 3.63) is 65.7 Å². The molecule has 2 heterocycles. The molecule has 1 atom stereocenters. The molecule has 1 saturated heterocycles. The van der Waals surface area contributed by atoms with Gasteiger partial charge < -0.3 is 15.0 Å². The molecule has 0 amide bonds. The molecule has 6 heteroatoms. The summed E-state index contributed by atoms with van der Waals surface area (Å²) < 4.78 is 7.80. The fourth-order valence-corrected chi connectivity index (χ4v) is 3.29. The minimum Gasteiger partial charge on any atom is -0.356 e. The van der Waals surface area contributed by atoms with Gasteiger partial charge in [0.05, 0.1) is 29.6 Å². The van der Waals surface area contributed by atoms with Crippen molar-refractivity contribution in [2.75, 3.05) is 31.6 Å². The topological polar surface area (TPSA) is 66.1 Å². The van der Waals surface area contributed by atoms with Gasteiger partial charge >= 0.3 is 0 Å². The Balaban J connectivity index is 1.76. The molecule has 1 aliphatic heterocycles. The lowest BCUT2D eigenvalue weighted by molar-refractivity contribution is 0.0293. The summed E-state index contributed by atoms with van der Waals surface area (Å²) in [4.78, 5) is 2.06. The van der Waals surface area contributed by atoms with E-state index in [2.05, 4.69) is 53.5 Å². The number of benzene rings is 2. The van der Waals surface area contributed by atoms with Gasteiger partial charge in [-0.15, -0.1) is 5.10 Å². The second-order valence-corrected chi connectivity index (χ2v) is 6.96. The standard InChI is InChI=1S/C22H23N5O/c1-16-3-7-18(8-4-16)20-13-21(26(2)22-15-24-11-12-28-22)25-27(20)19-9-5-17(14-23)6-10-19/h3-10,13,22,24H,11-12,15H2,1-2H3/t22-/m1/s1. The van der Waals surface area contributed by atoms with Crippen molar-refractivity contribution in [2.24, 2.45) is 0 Å². The van der Waals surface area contributed by atoms with Crippen LogP contribution < -0.4 is 10.2 Å². The van der Waals surface area contributed by atoms with E-state index in [1.165, 1.54) is 5.56 Å². The number of nitriles is 1. The van der Waals surface area contributed by atoms with E-state index < -0.39 is 0 Å². The van der Waals surface area contributed by atoms with Crippen LogP contribution in [-0.4, -0.2) is 42.8 Å². The zero-order chi connectivity index (χ0) is 19.5. The Morgan fingerprint density at radius 2 is 1.93 bits per heavy atom. The number of likely N-dealkylation sites (N-methyl/N-ethyl adjacent to an activating group) is 1. The smallest absolute Gasteiger partial charge is 0.153 e. The van der Waals surface area contributed by atoms with Crippen molar-refractivity contribution in [1.82, 2.24) is 15.1 Å². The van der Waals surface area contributed by atoms with Crippen molar-refractivity contribution < 1.29 is 4.74 Å². The zero-order valence-electron chi connectivity index (χ0n) is 16.1. The van der Waals surface area contributed by atoms with Gasteiger partial charge in [0.25, 0.3) is 0 Å². The number of aryl methyl sites for hydroxylation is 1. The summed E-state index contributed by atoms with van der Waals surface area (Å²) >= 11 is 0. The predicted octanol–water partition coefficient (Wildman–Crippen LogP) is 3.10. The molecule has 1 aliphatic rings. The molecule has 0 aliphatic carbocycles. The molecule has 2 aromatic carbocycles. The first-order chi connectivity index (χ1) is 13.7. The van der Waals surface area contributed by atoms with E-state index in [0.29, 0.717) is 12.2 Å². The Morgan fingerprint density at radius 1 is 1.18 bits per heavy atom. The number of nitrogens with one attached hydrogen (secondary N) is 1. The van der Waals surface area contributed by atoms with Gasteiger partial charge in [-0.1, -0.05) is 29.8 Å². The number of rotatable bonds is 4. The van der Waals surface area contributed by atoms with Crippen LogP contribution in [0.1, 0.15) is 11.1 Å². The van der Waals surface area contributed by atoms with Crippen LogP contribution in [0.15, 0.2) is 54.6 Å². The molecule has 4 rings (SSSR count). The molecular formula is C22H23N5O. The first-order valence-electron chi connectivity index (χ1n) is 9.38. The van der Waals surface area contributed by atoms with Gasteiger partial charge in [-0.05, 0) is 31.2 Å². The first kappa shape index (κ1) is 18.2. The Labute approximate surface area is 165 Å². The van der Waals surface area contributed by atoms with Crippen LogP contribution in [0, 0.1) is 18.3 Å². The van der Waals surface area contributed by atoms with E-state index >= 15 is 0 Å². The Kier molecular flexibility index (Phi) is 5.11. The quantitative estimate of drug-likeness (QED) is 0.761. The van der Waals surface area contributed by atoms with E-state index in [0.717, 1.165) is 35.9 Å². The van der Waals surface area contributed by atoms with Crippen molar-refractivity contribution in [1.29, 1.82) is 5.26 Å². The molecule has 0 unspecified atom stereocenters. The fourth-order valence-electron chi connectivity index (χ4n) is 3.29. The van der Waals surface area contributed by atoms with Gasteiger partial charge in [-0.25, -0.2) is 4.68 Å². The van der Waals surface area contributed by atoms with Gasteiger partial charge in [-0.3, -0.25) is 0 Å². The highest BCUT2D eigenvalue weighted by atomic mass is 16.5. The normalized spacial score (nSPS) is 16.5. The Hall–Kier alpha value is -3.14. The zero-order valence-corrected chi connectivity index (χ0v) is 16.1. The van der Waals surface area contributed by atoms with Gasteiger partial charge in [0, 0.05) is 31.8 Å². The minimum absolute atomic E-state index is 0.0519. The van der Waals surface area contributed by atoms with Gasteiger partial charge in [0.1, 0.15) is 6.23 Å². The number of nitrogens with zero attached hydrogens (tertiary/aromatic N) is 4. The highest BCUT2D eigenvalue weighted by molar-refractivity contribution is 5.67. The Bertz CT molecular complexity index is 979. The van der Waals surface area contributed by atoms with E-state index in [1.54, 1.807) is 0 Å². The van der Waals surface area contributed by atoms with Crippen molar-refractivity contribution in [3.63, 3.8) is 0 Å². The largest absolute Gasteiger partial charge is 0.356 e. The molecule has 3 aromatic rings. The lowest BCUT2D eigenvalue weighted by atomic mass is 10.1. The summed E-state index contributed by atoms with van der Waals surface area (Å²) in [6.45, 7) is 4.41. The molecule has 1 N–H and O–H groups in total. The second kappa shape index (κ2) is 7.85. The highest BCUT2D eigenvalue weighted by Crippen LogP contribution is 2.28. The maximum absolute atomic E-state index is 9.08. The van der Waals surface area contributed by atoms with Gasteiger partial charge in [0.15, 0.2) is 5.82 Å².